The van der Waals surface area contributed by atoms with Crippen LogP contribution in [0.1, 0.15) is 41.1 Å². The minimum atomic E-state index is -0.332. The number of nitrogens with zero attached hydrogens (tertiary/aromatic N) is 1. The van der Waals surface area contributed by atoms with Crippen molar-refractivity contribution in [3.05, 3.63) is 51.6 Å². The van der Waals surface area contributed by atoms with Crippen LogP contribution in [0.5, 0.6) is 0 Å². The number of halogens is 2. The third kappa shape index (κ3) is 5.20. The number of aromatic nitrogens is 1. The van der Waals surface area contributed by atoms with E-state index in [1.54, 1.807) is 18.2 Å². The summed E-state index contributed by atoms with van der Waals surface area (Å²) in [6.45, 7) is 1.94. The normalized spacial score (nSPS) is 17.1. The highest BCUT2D eigenvalue weighted by atomic mass is 79.9. The van der Waals surface area contributed by atoms with Crippen molar-refractivity contribution in [3.8, 4) is 0 Å². The summed E-state index contributed by atoms with van der Waals surface area (Å²) in [4.78, 5) is 12.1. The summed E-state index contributed by atoms with van der Waals surface area (Å²) in [5.41, 5.74) is 1.04. The van der Waals surface area contributed by atoms with Crippen molar-refractivity contribution >= 4 is 21.7 Å². The molecule has 1 aromatic heterocycles. The van der Waals surface area contributed by atoms with E-state index in [2.05, 4.69) is 21.1 Å². The van der Waals surface area contributed by atoms with Crippen molar-refractivity contribution in [1.29, 1.82) is 0 Å². The van der Waals surface area contributed by atoms with Crippen molar-refractivity contribution in [2.24, 2.45) is 5.92 Å². The molecule has 0 radical (unpaired) electrons. The molecule has 0 spiro atoms. The van der Waals surface area contributed by atoms with Gasteiger partial charge in [0.2, 0.25) is 0 Å². The highest BCUT2D eigenvalue weighted by Gasteiger charge is 2.19. The molecule has 3 rings (SSSR count). The van der Waals surface area contributed by atoms with Crippen molar-refractivity contribution in [2.75, 3.05) is 13.2 Å². The largest absolute Gasteiger partial charge is 0.381 e. The van der Waals surface area contributed by atoms with E-state index in [9.17, 15) is 9.18 Å². The lowest BCUT2D eigenvalue weighted by molar-refractivity contribution is 0.0877. The van der Waals surface area contributed by atoms with Crippen LogP contribution in [-0.4, -0.2) is 24.2 Å². The predicted octanol–water partition coefficient (Wildman–Crippen LogP) is 4.29. The average Bonchev–Trinajstić information content (AvgIpc) is 3.28. The fourth-order valence-electron chi connectivity index (χ4n) is 2.69. The van der Waals surface area contributed by atoms with Crippen LogP contribution in [0, 0.1) is 11.7 Å². The number of ether oxygens (including phenoxy) is 2. The van der Waals surface area contributed by atoms with E-state index >= 15 is 0 Å². The first kappa shape index (κ1) is 18.2. The van der Waals surface area contributed by atoms with Crippen LogP contribution in [0.15, 0.2) is 33.3 Å². The van der Waals surface area contributed by atoms with Crippen molar-refractivity contribution in [2.45, 2.75) is 32.5 Å². The van der Waals surface area contributed by atoms with E-state index in [-0.39, 0.29) is 24.8 Å². The number of carbonyl (C=O) groups excluding carboxylic acids is 1. The first-order valence-electron chi connectivity index (χ1n) is 8.20. The van der Waals surface area contributed by atoms with Gasteiger partial charge in [0, 0.05) is 25.7 Å². The van der Waals surface area contributed by atoms with Gasteiger partial charge in [-0.2, -0.15) is 0 Å². The maximum Gasteiger partial charge on any atom is 0.184 e. The first-order chi connectivity index (χ1) is 12.1. The number of hydrogen-bond acceptors (Lipinski definition) is 5. The summed E-state index contributed by atoms with van der Waals surface area (Å²) in [5, 5.41) is 3.81. The molecule has 2 heterocycles. The molecular formula is C18H19BrFNO4. The van der Waals surface area contributed by atoms with Crippen LogP contribution < -0.4 is 0 Å². The van der Waals surface area contributed by atoms with Crippen LogP contribution in [0.2, 0.25) is 0 Å². The van der Waals surface area contributed by atoms with Gasteiger partial charge >= 0.3 is 0 Å². The second kappa shape index (κ2) is 8.69. The molecule has 25 heavy (non-hydrogen) atoms. The van der Waals surface area contributed by atoms with Crippen LogP contribution in [0.3, 0.4) is 0 Å². The molecule has 5 nitrogen and oxygen atoms in total. The fraction of sp³-hybridized carbons (Fsp3) is 0.444. The number of benzene rings is 1. The fourth-order valence-corrected chi connectivity index (χ4v) is 2.93. The Balaban J connectivity index is 1.44. The van der Waals surface area contributed by atoms with Crippen LogP contribution in [0.4, 0.5) is 4.39 Å². The Labute approximate surface area is 153 Å². The zero-order chi connectivity index (χ0) is 17.6. The second-order valence-electron chi connectivity index (χ2n) is 6.11. The van der Waals surface area contributed by atoms with Crippen molar-refractivity contribution in [3.63, 3.8) is 0 Å². The Hall–Kier alpha value is -1.57. The minimum Gasteiger partial charge on any atom is -0.381 e. The Morgan fingerprint density at radius 3 is 3.00 bits per heavy atom. The highest BCUT2D eigenvalue weighted by Crippen LogP contribution is 2.20. The zero-order valence-corrected chi connectivity index (χ0v) is 15.3. The molecule has 7 heteroatoms. The van der Waals surface area contributed by atoms with Gasteiger partial charge in [-0.15, -0.1) is 0 Å². The molecule has 0 aliphatic carbocycles. The Bertz CT molecular complexity index is 728. The van der Waals surface area contributed by atoms with Crippen LogP contribution in [-0.2, 0) is 22.7 Å². The Kier molecular flexibility index (Phi) is 6.34. The third-order valence-corrected chi connectivity index (χ3v) is 4.79. The molecule has 0 bridgehead atoms. The minimum absolute atomic E-state index is 0.0307. The van der Waals surface area contributed by atoms with Gasteiger partial charge in [-0.25, -0.2) is 4.39 Å². The lowest BCUT2D eigenvalue weighted by Crippen LogP contribution is -2.05. The van der Waals surface area contributed by atoms with Gasteiger partial charge < -0.3 is 14.0 Å². The van der Waals surface area contributed by atoms with Crippen LogP contribution in [0.25, 0.3) is 0 Å². The lowest BCUT2D eigenvalue weighted by Gasteiger charge is -2.04. The molecule has 134 valence electrons. The molecule has 1 fully saturated rings. The molecule has 1 unspecified atom stereocenters. The van der Waals surface area contributed by atoms with Gasteiger partial charge in [0.25, 0.3) is 0 Å². The Morgan fingerprint density at radius 1 is 1.36 bits per heavy atom. The van der Waals surface area contributed by atoms with E-state index in [1.165, 1.54) is 6.07 Å². The summed E-state index contributed by atoms with van der Waals surface area (Å²) in [6, 6.07) is 6.42. The van der Waals surface area contributed by atoms with E-state index in [0.29, 0.717) is 28.3 Å². The summed E-state index contributed by atoms with van der Waals surface area (Å²) in [6.07, 6.45) is 2.27. The molecule has 1 aromatic carbocycles. The SMILES string of the molecule is O=C(CCC1CCOC1)c1cc(COCc2ccc(Br)c(F)c2)on1. The molecule has 1 atom stereocenters. The Morgan fingerprint density at radius 2 is 2.24 bits per heavy atom. The van der Waals surface area contributed by atoms with Crippen LogP contribution >= 0.6 is 15.9 Å². The predicted molar refractivity (Wildman–Crippen MR) is 91.6 cm³/mol. The zero-order valence-electron chi connectivity index (χ0n) is 13.7. The quantitative estimate of drug-likeness (QED) is 0.606. The maximum absolute atomic E-state index is 13.4. The van der Waals surface area contributed by atoms with Gasteiger partial charge in [-0.1, -0.05) is 11.2 Å². The average molecular weight is 412 g/mol. The number of rotatable bonds is 8. The van der Waals surface area contributed by atoms with Gasteiger partial charge in [0.1, 0.15) is 18.1 Å². The van der Waals surface area contributed by atoms with Gasteiger partial charge in [-0.05, 0) is 52.4 Å². The monoisotopic (exact) mass is 411 g/mol. The molecule has 1 saturated heterocycles. The highest BCUT2D eigenvalue weighted by molar-refractivity contribution is 9.10. The molecule has 2 aromatic rings. The molecule has 1 aliphatic heterocycles. The summed E-state index contributed by atoms with van der Waals surface area (Å²) in [5.74, 6) is 0.577. The van der Waals surface area contributed by atoms with Gasteiger partial charge in [-0.3, -0.25) is 4.79 Å². The van der Waals surface area contributed by atoms with E-state index in [4.69, 9.17) is 14.0 Å². The van der Waals surface area contributed by atoms with E-state index in [1.807, 2.05) is 0 Å². The summed E-state index contributed by atoms with van der Waals surface area (Å²) in [7, 11) is 0. The summed E-state index contributed by atoms with van der Waals surface area (Å²) >= 11 is 3.11. The summed E-state index contributed by atoms with van der Waals surface area (Å²) < 4.78 is 29.8. The van der Waals surface area contributed by atoms with Gasteiger partial charge in [0.05, 0.1) is 11.1 Å². The van der Waals surface area contributed by atoms with E-state index < -0.39 is 0 Å². The molecular weight excluding hydrogens is 393 g/mol. The van der Waals surface area contributed by atoms with Crippen molar-refractivity contribution in [1.82, 2.24) is 5.16 Å². The first-order valence-corrected chi connectivity index (χ1v) is 8.99. The molecule has 0 saturated carbocycles. The lowest BCUT2D eigenvalue weighted by atomic mass is 10.00. The van der Waals surface area contributed by atoms with Crippen molar-refractivity contribution < 1.29 is 23.2 Å². The topological polar surface area (TPSA) is 61.6 Å². The third-order valence-electron chi connectivity index (χ3n) is 4.15. The number of Topliss-reactive ketones (excluding diaryl/α,β-unsaturated/α-hetero) is 1. The van der Waals surface area contributed by atoms with E-state index in [0.717, 1.165) is 31.6 Å². The number of carbonyl (C=O) groups is 1. The standard InChI is InChI=1S/C18H19BrFNO4/c19-15-3-1-13(7-16(15)20)10-24-11-14-8-17(21-25-14)18(22)4-2-12-5-6-23-9-12/h1,3,7-8,12H,2,4-6,9-11H2. The maximum atomic E-state index is 13.4. The number of hydrogen-bond donors (Lipinski definition) is 0. The molecule has 0 amide bonds. The molecule has 1 aliphatic rings. The number of ketones is 1. The smallest absolute Gasteiger partial charge is 0.184 e. The van der Waals surface area contributed by atoms with Gasteiger partial charge in [0.15, 0.2) is 11.5 Å². The second-order valence-corrected chi connectivity index (χ2v) is 6.97. The molecule has 0 N–H and O–H groups in total.